The molecule has 2 heteroatoms. The summed E-state index contributed by atoms with van der Waals surface area (Å²) in [4.78, 5) is 0. The van der Waals surface area contributed by atoms with Gasteiger partial charge < -0.3 is 10.2 Å². The van der Waals surface area contributed by atoms with Crippen molar-refractivity contribution in [2.24, 2.45) is 0 Å². The monoisotopic (exact) mass is 448 g/mol. The molecule has 180 valence electrons. The lowest BCUT2D eigenvalue weighted by Gasteiger charge is -2.26. The second-order valence-corrected chi connectivity index (χ2v) is 12.8. The van der Waals surface area contributed by atoms with Gasteiger partial charge in [-0.15, -0.1) is 0 Å². The van der Waals surface area contributed by atoms with Crippen LogP contribution in [0.15, 0.2) is 24.3 Å². The van der Waals surface area contributed by atoms with Crippen LogP contribution in [-0.2, 0) is 17.3 Å². The summed E-state index contributed by atoms with van der Waals surface area (Å²) >= 11 is 0. The van der Waals surface area contributed by atoms with E-state index in [1.54, 1.807) is 0 Å². The second-order valence-electron chi connectivity index (χ2n) is 12.8. The summed E-state index contributed by atoms with van der Waals surface area (Å²) in [5, 5.41) is 22.8. The number of phenols is 2. The second kappa shape index (κ2) is 9.01. The average Bonchev–Trinajstić information content (AvgIpc) is 3.43. The average molecular weight is 449 g/mol. The van der Waals surface area contributed by atoms with Gasteiger partial charge in [-0.2, -0.15) is 0 Å². The smallest absolute Gasteiger partial charge is 0.122 e. The number of rotatable bonds is 4. The summed E-state index contributed by atoms with van der Waals surface area (Å²) in [7, 11) is 0. The third kappa shape index (κ3) is 5.10. The minimum absolute atomic E-state index is 0.0140. The lowest BCUT2D eigenvalue weighted by atomic mass is 9.79. The van der Waals surface area contributed by atoms with Crippen molar-refractivity contribution in [1.82, 2.24) is 0 Å². The lowest BCUT2D eigenvalue weighted by Crippen LogP contribution is -2.14. The third-order valence-corrected chi connectivity index (χ3v) is 8.14. The van der Waals surface area contributed by atoms with Gasteiger partial charge in [-0.1, -0.05) is 91.5 Å². The van der Waals surface area contributed by atoms with Gasteiger partial charge in [-0.3, -0.25) is 0 Å². The van der Waals surface area contributed by atoms with E-state index in [-0.39, 0.29) is 10.8 Å². The van der Waals surface area contributed by atoms with Crippen LogP contribution in [0, 0.1) is 0 Å². The molecule has 0 bridgehead atoms. The molecule has 0 unspecified atom stereocenters. The van der Waals surface area contributed by atoms with Crippen molar-refractivity contribution >= 4 is 0 Å². The molecule has 2 nitrogen and oxygen atoms in total. The fourth-order valence-corrected chi connectivity index (χ4v) is 5.87. The minimum atomic E-state index is 0.0140. The fraction of sp³-hybridized carbons (Fsp3) is 0.613. The first-order valence-corrected chi connectivity index (χ1v) is 13.2. The maximum atomic E-state index is 11.4. The van der Waals surface area contributed by atoms with Crippen LogP contribution in [0.2, 0.25) is 0 Å². The van der Waals surface area contributed by atoms with Gasteiger partial charge in [0.25, 0.3) is 0 Å². The van der Waals surface area contributed by atoms with Crippen LogP contribution < -0.4 is 0 Å². The van der Waals surface area contributed by atoms with Crippen molar-refractivity contribution in [3.8, 4) is 11.5 Å². The molecule has 0 atom stereocenters. The molecule has 2 N–H and O–H groups in total. The molecule has 4 rings (SSSR count). The molecule has 0 spiro atoms. The van der Waals surface area contributed by atoms with E-state index in [9.17, 15) is 10.2 Å². The van der Waals surface area contributed by atoms with Gasteiger partial charge >= 0.3 is 0 Å². The molecule has 2 saturated carbocycles. The Morgan fingerprint density at radius 1 is 0.606 bits per heavy atom. The van der Waals surface area contributed by atoms with Crippen molar-refractivity contribution in [1.29, 1.82) is 0 Å². The Bertz CT molecular complexity index is 910. The van der Waals surface area contributed by atoms with E-state index in [4.69, 9.17) is 0 Å². The highest BCUT2D eigenvalue weighted by Crippen LogP contribution is 2.45. The molecule has 0 amide bonds. The summed E-state index contributed by atoms with van der Waals surface area (Å²) < 4.78 is 0. The third-order valence-electron chi connectivity index (χ3n) is 8.14. The Morgan fingerprint density at radius 3 is 1.24 bits per heavy atom. The number of phenolic OH excluding ortho intramolecular Hbond substituents is 2. The molecule has 0 aromatic heterocycles. The molecular weight excluding hydrogens is 404 g/mol. The van der Waals surface area contributed by atoms with Crippen LogP contribution in [0.25, 0.3) is 0 Å². The molecule has 2 aliphatic rings. The van der Waals surface area contributed by atoms with Crippen LogP contribution in [0.1, 0.15) is 138 Å². The van der Waals surface area contributed by atoms with Crippen molar-refractivity contribution < 1.29 is 10.2 Å². The quantitative estimate of drug-likeness (QED) is 0.491. The van der Waals surface area contributed by atoms with Crippen molar-refractivity contribution in [2.45, 2.75) is 122 Å². The number of aromatic hydroxyl groups is 2. The van der Waals surface area contributed by atoms with Crippen LogP contribution in [0.3, 0.4) is 0 Å². The Labute approximate surface area is 201 Å². The summed E-state index contributed by atoms with van der Waals surface area (Å²) in [5.41, 5.74) is 6.75. The number of hydrogen-bond donors (Lipinski definition) is 2. The van der Waals surface area contributed by atoms with E-state index in [2.05, 4.69) is 65.8 Å². The van der Waals surface area contributed by atoms with Crippen LogP contribution in [-0.4, -0.2) is 10.2 Å². The summed E-state index contributed by atoms with van der Waals surface area (Å²) in [5.74, 6) is 1.82. The standard InChI is InChI=1S/C31H44O2/c1-30(2,3)24-16-22(28(32)26(18-24)20-11-7-8-12-20)15-23-17-25(31(4,5)6)19-27(29(23)33)21-13-9-10-14-21/h16-21,32-33H,7-15H2,1-6H3. The zero-order chi connectivity index (χ0) is 24.0. The topological polar surface area (TPSA) is 40.5 Å². The molecule has 0 saturated heterocycles. The SMILES string of the molecule is CC(C)(C)c1cc(Cc2cc(C(C)(C)C)cc(C3CCCC3)c2O)c(O)c(C2CCCC2)c1. The zero-order valence-corrected chi connectivity index (χ0v) is 21.7. The van der Waals surface area contributed by atoms with Gasteiger partial charge in [0, 0.05) is 6.42 Å². The highest BCUT2D eigenvalue weighted by Gasteiger charge is 2.28. The Balaban J connectivity index is 1.82. The van der Waals surface area contributed by atoms with E-state index >= 15 is 0 Å². The Morgan fingerprint density at radius 2 is 0.939 bits per heavy atom. The molecular formula is C31H44O2. The molecule has 2 aromatic rings. The lowest BCUT2D eigenvalue weighted by molar-refractivity contribution is 0.446. The Hall–Kier alpha value is -1.96. The van der Waals surface area contributed by atoms with E-state index in [0.29, 0.717) is 29.8 Å². The van der Waals surface area contributed by atoms with E-state index in [1.807, 2.05) is 0 Å². The van der Waals surface area contributed by atoms with Gasteiger partial charge in [-0.05, 0) is 81.7 Å². The Kier molecular flexibility index (Phi) is 6.60. The van der Waals surface area contributed by atoms with E-state index in [0.717, 1.165) is 47.9 Å². The molecule has 2 aromatic carbocycles. The fourth-order valence-electron chi connectivity index (χ4n) is 5.87. The van der Waals surface area contributed by atoms with Crippen LogP contribution in [0.4, 0.5) is 0 Å². The van der Waals surface area contributed by atoms with Gasteiger partial charge in [0.2, 0.25) is 0 Å². The zero-order valence-electron chi connectivity index (χ0n) is 21.7. The normalized spacial score (nSPS) is 18.4. The molecule has 0 heterocycles. The highest BCUT2D eigenvalue weighted by atomic mass is 16.3. The van der Waals surface area contributed by atoms with Gasteiger partial charge in [0.1, 0.15) is 11.5 Å². The van der Waals surface area contributed by atoms with Crippen LogP contribution in [0.5, 0.6) is 11.5 Å². The van der Waals surface area contributed by atoms with Gasteiger partial charge in [0.05, 0.1) is 0 Å². The van der Waals surface area contributed by atoms with E-state index in [1.165, 1.54) is 36.8 Å². The minimum Gasteiger partial charge on any atom is -0.507 e. The van der Waals surface area contributed by atoms with Crippen molar-refractivity contribution in [3.63, 3.8) is 0 Å². The highest BCUT2D eigenvalue weighted by molar-refractivity contribution is 5.54. The maximum Gasteiger partial charge on any atom is 0.122 e. The maximum absolute atomic E-state index is 11.4. The first kappa shape index (κ1) is 24.2. The van der Waals surface area contributed by atoms with Gasteiger partial charge in [0.15, 0.2) is 0 Å². The van der Waals surface area contributed by atoms with E-state index < -0.39 is 0 Å². The molecule has 0 aliphatic heterocycles. The molecule has 33 heavy (non-hydrogen) atoms. The summed E-state index contributed by atoms with van der Waals surface area (Å²) in [6.07, 6.45) is 10.2. The van der Waals surface area contributed by atoms with Gasteiger partial charge in [-0.25, -0.2) is 0 Å². The molecule has 2 aliphatic carbocycles. The van der Waals surface area contributed by atoms with Crippen molar-refractivity contribution in [3.05, 3.63) is 57.6 Å². The molecule has 2 fully saturated rings. The van der Waals surface area contributed by atoms with Crippen LogP contribution >= 0.6 is 0 Å². The predicted octanol–water partition coefficient (Wildman–Crippen LogP) is 8.60. The first-order valence-electron chi connectivity index (χ1n) is 13.2. The number of hydrogen-bond acceptors (Lipinski definition) is 2. The largest absolute Gasteiger partial charge is 0.507 e. The first-order chi connectivity index (χ1) is 15.4. The number of benzene rings is 2. The van der Waals surface area contributed by atoms with Crippen molar-refractivity contribution in [2.75, 3.05) is 0 Å². The summed E-state index contributed by atoms with van der Waals surface area (Å²) in [6, 6.07) is 8.88. The molecule has 0 radical (unpaired) electrons. The predicted molar refractivity (Wildman–Crippen MR) is 139 cm³/mol. The summed E-state index contributed by atoms with van der Waals surface area (Å²) in [6.45, 7) is 13.5.